The molecule has 2 rings (SSSR count). The van der Waals surface area contributed by atoms with Crippen LogP contribution >= 0.6 is 0 Å². The topological polar surface area (TPSA) is 64.3 Å². The van der Waals surface area contributed by atoms with E-state index >= 15 is 0 Å². The number of benzene rings is 1. The fourth-order valence-electron chi connectivity index (χ4n) is 1.35. The highest BCUT2D eigenvalue weighted by molar-refractivity contribution is 5.96. The van der Waals surface area contributed by atoms with E-state index in [1.807, 2.05) is 18.2 Å². The van der Waals surface area contributed by atoms with Gasteiger partial charge < -0.3 is 15.8 Å². The average molecular weight is 192 g/mol. The van der Waals surface area contributed by atoms with Crippen molar-refractivity contribution in [1.82, 2.24) is 0 Å². The van der Waals surface area contributed by atoms with Crippen molar-refractivity contribution in [3.8, 4) is 5.75 Å². The predicted octanol–water partition coefficient (Wildman–Crippen LogP) is 0.735. The van der Waals surface area contributed by atoms with Gasteiger partial charge in [-0.2, -0.15) is 0 Å². The largest absolute Gasteiger partial charge is 0.491 e. The molecule has 0 spiro atoms. The smallest absolute Gasteiger partial charge is 0.241 e. The van der Waals surface area contributed by atoms with Crippen molar-refractivity contribution < 1.29 is 9.53 Å². The van der Waals surface area contributed by atoms with Crippen LogP contribution in [0.2, 0.25) is 0 Å². The van der Waals surface area contributed by atoms with E-state index < -0.39 is 6.04 Å². The van der Waals surface area contributed by atoms with Gasteiger partial charge in [-0.05, 0) is 12.1 Å². The minimum atomic E-state index is -0.483. The number of carbonyl (C=O) groups is 1. The second kappa shape index (κ2) is 3.67. The van der Waals surface area contributed by atoms with Gasteiger partial charge >= 0.3 is 0 Å². The number of para-hydroxylation sites is 2. The van der Waals surface area contributed by atoms with Crippen LogP contribution in [0.5, 0.6) is 5.75 Å². The van der Waals surface area contributed by atoms with Crippen LogP contribution in [0, 0.1) is 0 Å². The molecule has 4 nitrogen and oxygen atoms in total. The molecule has 3 N–H and O–H groups in total. The van der Waals surface area contributed by atoms with E-state index in [1.165, 1.54) is 0 Å². The maximum absolute atomic E-state index is 11.4. The standard InChI is InChI=1S/C10H12N2O2/c11-7-5-6-14-9-4-2-1-3-8(9)12-10(7)13/h1-4,7H,5-6,11H2,(H,12,13)/t7-/m0/s1. The second-order valence-electron chi connectivity index (χ2n) is 3.23. The number of fused-ring (bicyclic) bond motifs is 1. The van der Waals surface area contributed by atoms with E-state index in [9.17, 15) is 4.79 Å². The molecule has 0 fully saturated rings. The lowest BCUT2D eigenvalue weighted by atomic mass is 10.2. The van der Waals surface area contributed by atoms with Gasteiger partial charge in [-0.25, -0.2) is 0 Å². The zero-order valence-corrected chi connectivity index (χ0v) is 7.69. The van der Waals surface area contributed by atoms with Gasteiger partial charge in [0, 0.05) is 6.42 Å². The zero-order chi connectivity index (χ0) is 9.97. The number of nitrogens with two attached hydrogens (primary N) is 1. The molecule has 0 aliphatic carbocycles. The summed E-state index contributed by atoms with van der Waals surface area (Å²) in [5, 5.41) is 2.72. The molecule has 0 radical (unpaired) electrons. The molecule has 1 aromatic rings. The summed E-state index contributed by atoms with van der Waals surface area (Å²) in [4.78, 5) is 11.4. The lowest BCUT2D eigenvalue weighted by Gasteiger charge is -2.19. The Labute approximate surface area is 82.1 Å². The SMILES string of the molecule is N[C@H]1CCOc2ccccc2NC1=O. The van der Waals surface area contributed by atoms with Gasteiger partial charge in [0.25, 0.3) is 0 Å². The van der Waals surface area contributed by atoms with Crippen LogP contribution in [0.4, 0.5) is 5.69 Å². The monoisotopic (exact) mass is 192 g/mol. The number of hydrogen-bond donors (Lipinski definition) is 2. The summed E-state index contributed by atoms with van der Waals surface area (Å²) in [6.45, 7) is 0.478. The maximum Gasteiger partial charge on any atom is 0.241 e. The van der Waals surface area contributed by atoms with Gasteiger partial charge in [0.1, 0.15) is 5.75 Å². The van der Waals surface area contributed by atoms with Crippen LogP contribution in [0.25, 0.3) is 0 Å². The molecule has 1 heterocycles. The Morgan fingerprint density at radius 3 is 3.07 bits per heavy atom. The van der Waals surface area contributed by atoms with Gasteiger partial charge in [0.2, 0.25) is 5.91 Å². The Morgan fingerprint density at radius 1 is 1.43 bits per heavy atom. The number of nitrogens with one attached hydrogen (secondary N) is 1. The Balaban J connectivity index is 2.29. The molecule has 0 unspecified atom stereocenters. The summed E-state index contributed by atoms with van der Waals surface area (Å²) in [7, 11) is 0. The third-order valence-electron chi connectivity index (χ3n) is 2.17. The highest BCUT2D eigenvalue weighted by Gasteiger charge is 2.18. The van der Waals surface area contributed by atoms with E-state index in [1.54, 1.807) is 6.07 Å². The van der Waals surface area contributed by atoms with Gasteiger partial charge in [-0.3, -0.25) is 4.79 Å². The van der Waals surface area contributed by atoms with Gasteiger partial charge in [-0.15, -0.1) is 0 Å². The Bertz CT molecular complexity index is 352. The summed E-state index contributed by atoms with van der Waals surface area (Å²) >= 11 is 0. The average Bonchev–Trinajstić information content (AvgIpc) is 2.18. The highest BCUT2D eigenvalue weighted by atomic mass is 16.5. The molecule has 14 heavy (non-hydrogen) atoms. The molecule has 1 aliphatic heterocycles. The second-order valence-corrected chi connectivity index (χ2v) is 3.23. The van der Waals surface area contributed by atoms with Crippen LogP contribution in [0.1, 0.15) is 6.42 Å². The lowest BCUT2D eigenvalue weighted by molar-refractivity contribution is -0.117. The van der Waals surface area contributed by atoms with Crippen molar-refractivity contribution in [3.63, 3.8) is 0 Å². The van der Waals surface area contributed by atoms with E-state index in [4.69, 9.17) is 10.5 Å². The normalized spacial score (nSPS) is 21.2. The highest BCUT2D eigenvalue weighted by Crippen LogP contribution is 2.25. The number of carbonyl (C=O) groups excluding carboxylic acids is 1. The minimum Gasteiger partial charge on any atom is -0.491 e. The fourth-order valence-corrected chi connectivity index (χ4v) is 1.35. The first-order valence-corrected chi connectivity index (χ1v) is 4.55. The van der Waals surface area contributed by atoms with Crippen LogP contribution < -0.4 is 15.8 Å². The van der Waals surface area contributed by atoms with Crippen LogP contribution in [-0.4, -0.2) is 18.6 Å². The molecule has 1 aliphatic rings. The molecule has 0 aromatic heterocycles. The molecule has 1 aromatic carbocycles. The van der Waals surface area contributed by atoms with Gasteiger partial charge in [-0.1, -0.05) is 12.1 Å². The van der Waals surface area contributed by atoms with E-state index in [0.29, 0.717) is 24.5 Å². The van der Waals surface area contributed by atoms with Crippen molar-refractivity contribution in [2.45, 2.75) is 12.5 Å². The molecule has 0 saturated carbocycles. The molecule has 1 amide bonds. The number of amides is 1. The number of ether oxygens (including phenoxy) is 1. The molecule has 4 heteroatoms. The number of hydrogen-bond acceptors (Lipinski definition) is 3. The van der Waals surface area contributed by atoms with Crippen LogP contribution in [0.15, 0.2) is 24.3 Å². The van der Waals surface area contributed by atoms with Crippen molar-refractivity contribution in [1.29, 1.82) is 0 Å². The van der Waals surface area contributed by atoms with E-state index in [-0.39, 0.29) is 5.91 Å². The van der Waals surface area contributed by atoms with Crippen molar-refractivity contribution in [3.05, 3.63) is 24.3 Å². The van der Waals surface area contributed by atoms with Crippen molar-refractivity contribution in [2.24, 2.45) is 5.73 Å². The van der Waals surface area contributed by atoms with Gasteiger partial charge in [0.05, 0.1) is 18.3 Å². The molecule has 0 bridgehead atoms. The van der Waals surface area contributed by atoms with Crippen LogP contribution in [-0.2, 0) is 4.79 Å². The maximum atomic E-state index is 11.4. The predicted molar refractivity (Wildman–Crippen MR) is 53.2 cm³/mol. The first-order valence-electron chi connectivity index (χ1n) is 4.55. The van der Waals surface area contributed by atoms with Crippen LogP contribution in [0.3, 0.4) is 0 Å². The van der Waals surface area contributed by atoms with Crippen molar-refractivity contribution >= 4 is 11.6 Å². The van der Waals surface area contributed by atoms with Gasteiger partial charge in [0.15, 0.2) is 0 Å². The van der Waals surface area contributed by atoms with E-state index in [0.717, 1.165) is 0 Å². The number of rotatable bonds is 0. The minimum absolute atomic E-state index is 0.152. The summed E-state index contributed by atoms with van der Waals surface area (Å²) in [6, 6.07) is 6.85. The molecule has 0 saturated heterocycles. The first-order chi connectivity index (χ1) is 6.77. The van der Waals surface area contributed by atoms with E-state index in [2.05, 4.69) is 5.32 Å². The molecular weight excluding hydrogens is 180 g/mol. The molecule has 1 atom stereocenters. The summed E-state index contributed by atoms with van der Waals surface area (Å²) < 4.78 is 5.45. The molecular formula is C10H12N2O2. The Hall–Kier alpha value is -1.55. The Morgan fingerprint density at radius 2 is 2.21 bits per heavy atom. The quantitative estimate of drug-likeness (QED) is 0.637. The lowest BCUT2D eigenvalue weighted by Crippen LogP contribution is -2.38. The third kappa shape index (κ3) is 1.70. The number of anilines is 1. The van der Waals surface area contributed by atoms with Crippen molar-refractivity contribution in [2.75, 3.05) is 11.9 Å². The summed E-state index contributed by atoms with van der Waals surface area (Å²) in [6.07, 6.45) is 0.542. The molecule has 74 valence electrons. The summed E-state index contributed by atoms with van der Waals surface area (Å²) in [5.74, 6) is 0.550. The zero-order valence-electron chi connectivity index (χ0n) is 7.69. The summed E-state index contributed by atoms with van der Waals surface area (Å²) in [5.41, 5.74) is 6.30. The fraction of sp³-hybridized carbons (Fsp3) is 0.300. The third-order valence-corrected chi connectivity index (χ3v) is 2.17. The first kappa shape index (κ1) is 9.02. The Kier molecular flexibility index (Phi) is 2.37.